The third kappa shape index (κ3) is 14.0. The van der Waals surface area contributed by atoms with Crippen LogP contribution in [-0.4, -0.2) is 23.8 Å². The van der Waals surface area contributed by atoms with Gasteiger partial charge in [-0.3, -0.25) is 19.2 Å². The third-order valence-electron chi connectivity index (χ3n) is 6.89. The maximum absolute atomic E-state index is 12.9. The van der Waals surface area contributed by atoms with Crippen molar-refractivity contribution in [3.8, 4) is 6.07 Å². The van der Waals surface area contributed by atoms with Gasteiger partial charge >= 0.3 is 5.97 Å². The summed E-state index contributed by atoms with van der Waals surface area (Å²) < 4.78 is 5.33. The molecule has 0 spiro atoms. The number of unbranched alkanes of at least 4 members (excludes halogenated alkanes) is 5. The van der Waals surface area contributed by atoms with Crippen molar-refractivity contribution in [2.24, 2.45) is 0 Å². The highest BCUT2D eigenvalue weighted by atomic mass is 16.6. The molecule has 0 bridgehead atoms. The van der Waals surface area contributed by atoms with E-state index < -0.39 is 17.9 Å². The molecule has 0 aliphatic heterocycles. The Morgan fingerprint density at radius 3 is 2.20 bits per heavy atom. The van der Waals surface area contributed by atoms with Gasteiger partial charge in [0.1, 0.15) is 12.6 Å². The van der Waals surface area contributed by atoms with Crippen LogP contribution in [0.25, 0.3) is 6.08 Å². The van der Waals surface area contributed by atoms with E-state index in [2.05, 4.69) is 22.9 Å². The summed E-state index contributed by atoms with van der Waals surface area (Å²) in [5, 5.41) is 11.8. The van der Waals surface area contributed by atoms with Crippen molar-refractivity contribution in [1.82, 2.24) is 10.8 Å². The fraction of sp³-hybridized carbons (Fsp3) is 0.333. The van der Waals surface area contributed by atoms with Crippen molar-refractivity contribution in [3.05, 3.63) is 113 Å². The first-order valence-electron chi connectivity index (χ1n) is 15.1. The largest absolute Gasteiger partial charge is 0.461 e. The zero-order valence-corrected chi connectivity index (χ0v) is 25.1. The van der Waals surface area contributed by atoms with E-state index in [1.165, 1.54) is 0 Å². The quantitative estimate of drug-likeness (QED) is 0.0921. The fourth-order valence-corrected chi connectivity index (χ4v) is 4.45. The predicted octanol–water partition coefficient (Wildman–Crippen LogP) is 6.56. The molecular weight excluding hydrogens is 554 g/mol. The van der Waals surface area contributed by atoms with Crippen LogP contribution in [0, 0.1) is 11.3 Å². The summed E-state index contributed by atoms with van der Waals surface area (Å²) in [6.45, 7) is 0.326. The van der Waals surface area contributed by atoms with Crippen LogP contribution in [0.4, 0.5) is 0 Å². The van der Waals surface area contributed by atoms with E-state index in [1.807, 2.05) is 84.9 Å². The number of nitriles is 1. The van der Waals surface area contributed by atoms with Crippen LogP contribution in [0.5, 0.6) is 0 Å². The average Bonchev–Trinajstić information content (AvgIpc) is 3.05. The molecule has 8 nitrogen and oxygen atoms in total. The van der Waals surface area contributed by atoms with Gasteiger partial charge in [-0.15, -0.1) is 0 Å². The molecule has 0 heterocycles. The van der Waals surface area contributed by atoms with Crippen LogP contribution in [0.15, 0.2) is 91.0 Å². The van der Waals surface area contributed by atoms with Crippen LogP contribution in [0.1, 0.15) is 80.0 Å². The van der Waals surface area contributed by atoms with Gasteiger partial charge in [0.15, 0.2) is 0 Å². The van der Waals surface area contributed by atoms with Gasteiger partial charge in [0.25, 0.3) is 5.91 Å². The van der Waals surface area contributed by atoms with Crippen molar-refractivity contribution in [2.45, 2.75) is 77.0 Å². The molecule has 0 aromatic heterocycles. The number of allylic oxidation sites excluding steroid dienone is 1. The summed E-state index contributed by atoms with van der Waals surface area (Å²) >= 11 is 0. The highest BCUT2D eigenvalue weighted by Crippen LogP contribution is 2.11. The summed E-state index contributed by atoms with van der Waals surface area (Å²) in [5.41, 5.74) is 5.85. The number of hydrogen-bond acceptors (Lipinski definition) is 6. The van der Waals surface area contributed by atoms with E-state index in [4.69, 9.17) is 14.8 Å². The number of esters is 1. The van der Waals surface area contributed by atoms with Crippen molar-refractivity contribution in [1.29, 1.82) is 5.26 Å². The van der Waals surface area contributed by atoms with Crippen LogP contribution in [0.2, 0.25) is 0 Å². The predicted molar refractivity (Wildman–Crippen MR) is 169 cm³/mol. The number of carbonyl (C=O) groups excluding carboxylic acids is 3. The summed E-state index contributed by atoms with van der Waals surface area (Å²) in [6.07, 6.45) is 10.2. The topological polar surface area (TPSA) is 118 Å². The number of ether oxygens (including phenoxy) is 1. The van der Waals surface area contributed by atoms with E-state index in [0.717, 1.165) is 48.8 Å². The molecule has 0 aliphatic rings. The normalized spacial score (nSPS) is 11.4. The Morgan fingerprint density at radius 1 is 0.795 bits per heavy atom. The molecule has 3 aromatic carbocycles. The summed E-state index contributed by atoms with van der Waals surface area (Å²) in [6, 6.07) is 27.5. The average molecular weight is 596 g/mol. The van der Waals surface area contributed by atoms with Crippen molar-refractivity contribution >= 4 is 23.9 Å². The summed E-state index contributed by atoms with van der Waals surface area (Å²) in [4.78, 5) is 43.3. The number of nitrogens with zero attached hydrogens (tertiary/aromatic N) is 1. The second-order valence-corrected chi connectivity index (χ2v) is 10.5. The lowest BCUT2D eigenvalue weighted by molar-refractivity contribution is -0.146. The van der Waals surface area contributed by atoms with Crippen LogP contribution in [0.3, 0.4) is 0 Å². The van der Waals surface area contributed by atoms with Gasteiger partial charge in [-0.25, -0.2) is 5.48 Å². The van der Waals surface area contributed by atoms with Gasteiger partial charge in [-0.1, -0.05) is 104 Å². The molecule has 44 heavy (non-hydrogen) atoms. The first-order chi connectivity index (χ1) is 21.5. The molecule has 2 amide bonds. The maximum atomic E-state index is 12.9. The minimum Gasteiger partial charge on any atom is -0.461 e. The number of nitrogens with one attached hydrogen (secondary N) is 2. The monoisotopic (exact) mass is 595 g/mol. The van der Waals surface area contributed by atoms with Gasteiger partial charge in [0.05, 0.1) is 18.2 Å². The molecule has 0 saturated heterocycles. The zero-order valence-electron chi connectivity index (χ0n) is 25.1. The molecular formula is C36H41N3O5. The molecule has 2 N–H and O–H groups in total. The highest BCUT2D eigenvalue weighted by Gasteiger charge is 2.22. The SMILES string of the molecule is N#Cc1cccc(C=CCCCCCCCC(=O)N[C@H](CCC(=O)OCc2ccccc2)C(=O)NOCc2ccccc2)c1. The molecule has 0 fully saturated rings. The Hall–Kier alpha value is -4.74. The molecule has 230 valence electrons. The molecule has 0 saturated carbocycles. The molecule has 0 unspecified atom stereocenters. The summed E-state index contributed by atoms with van der Waals surface area (Å²) in [5.74, 6) is -1.21. The lowest BCUT2D eigenvalue weighted by Gasteiger charge is -2.18. The van der Waals surface area contributed by atoms with Crippen LogP contribution in [-0.2, 0) is 37.2 Å². The number of rotatable bonds is 19. The Bertz CT molecular complexity index is 1370. The third-order valence-corrected chi connectivity index (χ3v) is 6.89. The summed E-state index contributed by atoms with van der Waals surface area (Å²) in [7, 11) is 0. The second-order valence-electron chi connectivity index (χ2n) is 10.5. The molecule has 3 aromatic rings. The van der Waals surface area contributed by atoms with E-state index in [9.17, 15) is 14.4 Å². The molecule has 0 aliphatic carbocycles. The minimum atomic E-state index is -0.928. The van der Waals surface area contributed by atoms with E-state index >= 15 is 0 Å². The first-order valence-corrected chi connectivity index (χ1v) is 15.1. The lowest BCUT2D eigenvalue weighted by atomic mass is 10.1. The number of benzene rings is 3. The zero-order chi connectivity index (χ0) is 31.2. The number of carbonyl (C=O) groups is 3. The first kappa shape index (κ1) is 33.8. The van der Waals surface area contributed by atoms with Crippen molar-refractivity contribution < 1.29 is 24.0 Å². The van der Waals surface area contributed by atoms with Gasteiger partial charge in [-0.2, -0.15) is 5.26 Å². The maximum Gasteiger partial charge on any atom is 0.306 e. The van der Waals surface area contributed by atoms with Crippen LogP contribution < -0.4 is 10.8 Å². The Kier molecular flexibility index (Phi) is 15.5. The Labute approximate surface area is 260 Å². The Balaban J connectivity index is 1.36. The van der Waals surface area contributed by atoms with E-state index in [0.29, 0.717) is 18.4 Å². The molecule has 8 heteroatoms. The number of amides is 2. The second kappa shape index (κ2) is 20.2. The van der Waals surface area contributed by atoms with E-state index in [-0.39, 0.29) is 32.0 Å². The van der Waals surface area contributed by atoms with Crippen molar-refractivity contribution in [2.75, 3.05) is 0 Å². The van der Waals surface area contributed by atoms with Crippen LogP contribution >= 0.6 is 0 Å². The number of hydroxylamine groups is 1. The lowest BCUT2D eigenvalue weighted by Crippen LogP contribution is -2.46. The molecule has 1 atom stereocenters. The number of hydrogen-bond donors (Lipinski definition) is 2. The Morgan fingerprint density at radius 2 is 1.48 bits per heavy atom. The fourth-order valence-electron chi connectivity index (χ4n) is 4.45. The molecule has 3 rings (SSSR count). The van der Waals surface area contributed by atoms with E-state index in [1.54, 1.807) is 6.07 Å². The van der Waals surface area contributed by atoms with Gasteiger partial charge < -0.3 is 10.1 Å². The smallest absolute Gasteiger partial charge is 0.306 e. The standard InChI is InChI=1S/C36H41N3O5/c37-26-32-21-14-20-29(25-32)15-8-4-2-1-3-5-13-22-34(40)38-33(36(42)39-44-28-31-18-11-7-12-19-31)23-24-35(41)43-27-30-16-9-6-10-17-30/h6-12,14-21,25,33H,1-5,13,22-24,27-28H2,(H,38,40)(H,39,42)/t33-/m1/s1. The minimum absolute atomic E-state index is 0.0257. The highest BCUT2D eigenvalue weighted by molar-refractivity contribution is 5.87. The van der Waals surface area contributed by atoms with Gasteiger partial charge in [0.2, 0.25) is 5.91 Å². The van der Waals surface area contributed by atoms with Gasteiger partial charge in [0, 0.05) is 12.8 Å². The van der Waals surface area contributed by atoms with Crippen molar-refractivity contribution in [3.63, 3.8) is 0 Å². The molecule has 0 radical (unpaired) electrons. The van der Waals surface area contributed by atoms with Gasteiger partial charge in [-0.05, 0) is 54.5 Å².